The van der Waals surface area contributed by atoms with Gasteiger partial charge < -0.3 is 19.6 Å². The van der Waals surface area contributed by atoms with E-state index in [1.54, 1.807) is 12.1 Å². The van der Waals surface area contributed by atoms with Crippen molar-refractivity contribution in [2.24, 2.45) is 0 Å². The molecule has 0 bridgehead atoms. The summed E-state index contributed by atoms with van der Waals surface area (Å²) in [4.78, 5) is 16.7. The highest BCUT2D eigenvalue weighted by Crippen LogP contribution is 2.33. The van der Waals surface area contributed by atoms with Crippen LogP contribution < -0.4 is 10.1 Å². The maximum atomic E-state index is 12.3. The summed E-state index contributed by atoms with van der Waals surface area (Å²) in [6.07, 6.45) is 0.898. The van der Waals surface area contributed by atoms with Crippen LogP contribution in [-0.4, -0.2) is 22.6 Å². The lowest BCUT2D eigenvalue weighted by Crippen LogP contribution is -2.20. The van der Waals surface area contributed by atoms with Gasteiger partial charge in [-0.05, 0) is 89.2 Å². The highest BCUT2D eigenvalue weighted by molar-refractivity contribution is 14.1. The number of aryl methyl sites for hydroxylation is 1. The van der Waals surface area contributed by atoms with Crippen LogP contribution in [0.1, 0.15) is 12.5 Å². The third-order valence-electron chi connectivity index (χ3n) is 4.55. The fraction of sp³-hybridized carbons (Fsp3) is 0.130. The number of fused-ring (bicyclic) bond motifs is 1. The van der Waals surface area contributed by atoms with Gasteiger partial charge in [-0.15, -0.1) is 0 Å². The number of carbonyl (C=O) groups is 1. The Balaban J connectivity index is 1.50. The number of nitrogens with one attached hydrogen (secondary N) is 1. The molecular formula is C23H19IN2O4. The Morgan fingerprint density at radius 3 is 2.70 bits per heavy atom. The van der Waals surface area contributed by atoms with Crippen LogP contribution >= 0.6 is 22.6 Å². The van der Waals surface area contributed by atoms with Crippen molar-refractivity contribution in [3.8, 4) is 23.0 Å². The predicted molar refractivity (Wildman–Crippen MR) is 124 cm³/mol. The lowest BCUT2D eigenvalue weighted by Gasteiger charge is -2.09. The number of phenols is 1. The molecule has 1 heterocycles. The lowest BCUT2D eigenvalue weighted by atomic mass is 10.1. The first-order chi connectivity index (χ1) is 14.5. The molecule has 0 fully saturated rings. The van der Waals surface area contributed by atoms with E-state index in [-0.39, 0.29) is 18.3 Å². The van der Waals surface area contributed by atoms with E-state index in [4.69, 9.17) is 9.15 Å². The zero-order valence-corrected chi connectivity index (χ0v) is 18.3. The second-order valence-corrected chi connectivity index (χ2v) is 7.94. The van der Waals surface area contributed by atoms with E-state index in [2.05, 4.69) is 39.8 Å². The average molecular weight is 514 g/mol. The Labute approximate surface area is 187 Å². The molecule has 4 aromatic rings. The molecule has 2 N–H and O–H groups in total. The van der Waals surface area contributed by atoms with Crippen LogP contribution in [0.4, 0.5) is 5.69 Å². The standard InChI is InChI=1S/C23H19IN2O4/c1-2-14-3-10-21-19(11-14)26-23(30-21)18-12-16(6-9-20(18)27)25-22(28)13-29-17-7-4-15(24)5-8-17/h3-12,27H,2,13H2,1H3,(H,25,28). The molecule has 0 aliphatic rings. The number of aromatic nitrogens is 1. The van der Waals surface area contributed by atoms with Gasteiger partial charge in [0.25, 0.3) is 5.91 Å². The topological polar surface area (TPSA) is 84.6 Å². The zero-order valence-electron chi connectivity index (χ0n) is 16.2. The molecule has 3 aromatic carbocycles. The molecule has 0 saturated carbocycles. The Morgan fingerprint density at radius 2 is 1.93 bits per heavy atom. The van der Waals surface area contributed by atoms with Crippen molar-refractivity contribution in [2.75, 3.05) is 11.9 Å². The number of hydrogen-bond acceptors (Lipinski definition) is 5. The third kappa shape index (κ3) is 4.56. The van der Waals surface area contributed by atoms with Crippen LogP contribution in [0, 0.1) is 3.57 Å². The van der Waals surface area contributed by atoms with E-state index < -0.39 is 0 Å². The fourth-order valence-corrected chi connectivity index (χ4v) is 3.33. The summed E-state index contributed by atoms with van der Waals surface area (Å²) >= 11 is 2.20. The van der Waals surface area contributed by atoms with E-state index in [0.29, 0.717) is 28.5 Å². The number of benzene rings is 3. The summed E-state index contributed by atoms with van der Waals surface area (Å²) in [5.41, 5.74) is 3.43. The van der Waals surface area contributed by atoms with Gasteiger partial charge in [0.2, 0.25) is 5.89 Å². The number of halogens is 1. The second kappa shape index (κ2) is 8.74. The summed E-state index contributed by atoms with van der Waals surface area (Å²) < 4.78 is 12.4. The van der Waals surface area contributed by atoms with Crippen molar-refractivity contribution < 1.29 is 19.1 Å². The Kier molecular flexibility index (Phi) is 5.89. The van der Waals surface area contributed by atoms with Crippen LogP contribution in [0.5, 0.6) is 11.5 Å². The highest BCUT2D eigenvalue weighted by atomic mass is 127. The average Bonchev–Trinajstić information content (AvgIpc) is 3.17. The van der Waals surface area contributed by atoms with Gasteiger partial charge in [-0.1, -0.05) is 13.0 Å². The van der Waals surface area contributed by atoms with Gasteiger partial charge >= 0.3 is 0 Å². The van der Waals surface area contributed by atoms with Crippen molar-refractivity contribution in [3.63, 3.8) is 0 Å². The molecule has 30 heavy (non-hydrogen) atoms. The number of phenolic OH excluding ortho intramolecular Hbond substituents is 1. The maximum Gasteiger partial charge on any atom is 0.262 e. The molecular weight excluding hydrogens is 495 g/mol. The Hall–Kier alpha value is -3.07. The molecule has 0 unspecified atom stereocenters. The van der Waals surface area contributed by atoms with E-state index in [9.17, 15) is 9.90 Å². The number of ether oxygens (including phenoxy) is 1. The summed E-state index contributed by atoms with van der Waals surface area (Å²) in [7, 11) is 0. The van der Waals surface area contributed by atoms with E-state index >= 15 is 0 Å². The molecule has 1 amide bonds. The van der Waals surface area contributed by atoms with Crippen molar-refractivity contribution >= 4 is 45.3 Å². The van der Waals surface area contributed by atoms with Gasteiger partial charge in [-0.3, -0.25) is 4.79 Å². The minimum atomic E-state index is -0.310. The van der Waals surface area contributed by atoms with Crippen molar-refractivity contribution in [2.45, 2.75) is 13.3 Å². The minimum absolute atomic E-state index is 0.0189. The first-order valence-corrected chi connectivity index (χ1v) is 10.5. The van der Waals surface area contributed by atoms with Gasteiger partial charge in [0.1, 0.15) is 17.0 Å². The predicted octanol–water partition coefficient (Wildman–Crippen LogP) is 5.38. The molecule has 0 radical (unpaired) electrons. The van der Waals surface area contributed by atoms with Crippen LogP contribution in [0.3, 0.4) is 0 Å². The Morgan fingerprint density at radius 1 is 1.13 bits per heavy atom. The largest absolute Gasteiger partial charge is 0.507 e. The maximum absolute atomic E-state index is 12.3. The van der Waals surface area contributed by atoms with Crippen LogP contribution in [0.25, 0.3) is 22.6 Å². The molecule has 0 spiro atoms. The number of rotatable bonds is 6. The molecule has 4 rings (SSSR count). The van der Waals surface area contributed by atoms with E-state index in [0.717, 1.165) is 21.1 Å². The van der Waals surface area contributed by atoms with Crippen LogP contribution in [0.15, 0.2) is 65.1 Å². The fourth-order valence-electron chi connectivity index (χ4n) is 2.97. The highest BCUT2D eigenvalue weighted by Gasteiger charge is 2.14. The molecule has 152 valence electrons. The minimum Gasteiger partial charge on any atom is -0.507 e. The molecule has 0 aliphatic heterocycles. The molecule has 7 heteroatoms. The van der Waals surface area contributed by atoms with Crippen LogP contribution in [-0.2, 0) is 11.2 Å². The van der Waals surface area contributed by atoms with Crippen molar-refractivity contribution in [1.29, 1.82) is 0 Å². The second-order valence-electron chi connectivity index (χ2n) is 6.70. The monoisotopic (exact) mass is 514 g/mol. The molecule has 0 atom stereocenters. The van der Waals surface area contributed by atoms with Crippen LogP contribution in [0.2, 0.25) is 0 Å². The number of amides is 1. The molecule has 0 aliphatic carbocycles. The summed E-state index contributed by atoms with van der Waals surface area (Å²) in [5, 5.41) is 13.1. The lowest BCUT2D eigenvalue weighted by molar-refractivity contribution is -0.118. The smallest absolute Gasteiger partial charge is 0.262 e. The van der Waals surface area contributed by atoms with Gasteiger partial charge in [-0.25, -0.2) is 4.98 Å². The first-order valence-electron chi connectivity index (χ1n) is 9.43. The zero-order chi connectivity index (χ0) is 21.1. The summed E-state index contributed by atoms with van der Waals surface area (Å²) in [6, 6.07) is 18.0. The van der Waals surface area contributed by atoms with Gasteiger partial charge in [0.15, 0.2) is 12.2 Å². The number of aromatic hydroxyl groups is 1. The summed E-state index contributed by atoms with van der Waals surface area (Å²) in [6.45, 7) is 1.95. The number of anilines is 1. The Bertz CT molecular complexity index is 1200. The van der Waals surface area contributed by atoms with Gasteiger partial charge in [-0.2, -0.15) is 0 Å². The van der Waals surface area contributed by atoms with Gasteiger partial charge in [0, 0.05) is 9.26 Å². The number of nitrogens with zero attached hydrogens (tertiary/aromatic N) is 1. The molecule has 0 saturated heterocycles. The number of carbonyl (C=O) groups excluding carboxylic acids is 1. The number of hydrogen-bond donors (Lipinski definition) is 2. The van der Waals surface area contributed by atoms with E-state index in [1.807, 2.05) is 42.5 Å². The number of oxazole rings is 1. The SMILES string of the molecule is CCc1ccc2oc(-c3cc(NC(=O)COc4ccc(I)cc4)ccc3O)nc2c1. The molecule has 1 aromatic heterocycles. The van der Waals surface area contributed by atoms with Crippen molar-refractivity contribution in [3.05, 3.63) is 69.8 Å². The molecule has 6 nitrogen and oxygen atoms in total. The van der Waals surface area contributed by atoms with E-state index in [1.165, 1.54) is 6.07 Å². The first kappa shape index (κ1) is 20.2. The van der Waals surface area contributed by atoms with Gasteiger partial charge in [0.05, 0.1) is 5.56 Å². The summed E-state index contributed by atoms with van der Waals surface area (Å²) in [5.74, 6) is 0.623. The van der Waals surface area contributed by atoms with Crippen molar-refractivity contribution in [1.82, 2.24) is 4.98 Å². The normalized spacial score (nSPS) is 10.9. The quantitative estimate of drug-likeness (QED) is 0.267. The third-order valence-corrected chi connectivity index (χ3v) is 5.27.